The van der Waals surface area contributed by atoms with Crippen LogP contribution in [-0.4, -0.2) is 24.1 Å². The van der Waals surface area contributed by atoms with E-state index in [0.29, 0.717) is 31.6 Å². The second-order valence-electron chi connectivity index (χ2n) is 5.16. The van der Waals surface area contributed by atoms with E-state index >= 15 is 0 Å². The van der Waals surface area contributed by atoms with Crippen molar-refractivity contribution >= 4 is 11.6 Å². The number of anilines is 1. The third kappa shape index (κ3) is 3.47. The highest BCUT2D eigenvalue weighted by Gasteiger charge is 2.34. The van der Waals surface area contributed by atoms with E-state index in [1.165, 1.54) is 6.07 Å². The summed E-state index contributed by atoms with van der Waals surface area (Å²) in [6.45, 7) is 0.325. The Labute approximate surface area is 120 Å². The summed E-state index contributed by atoms with van der Waals surface area (Å²) in [6, 6.07) is 3.90. The average molecular weight is 302 g/mol. The molecule has 1 aromatic rings. The molecule has 0 spiro atoms. The van der Waals surface area contributed by atoms with Crippen LogP contribution in [0.1, 0.15) is 24.0 Å². The molecule has 1 saturated heterocycles. The quantitative estimate of drug-likeness (QED) is 0.896. The zero-order valence-electron chi connectivity index (χ0n) is 11.4. The Balaban J connectivity index is 2.20. The molecule has 21 heavy (non-hydrogen) atoms. The molecule has 1 aromatic carbocycles. The number of hydrogen-bond acceptors (Lipinski definition) is 3. The number of nitrogens with zero attached hydrogens (tertiary/aromatic N) is 1. The van der Waals surface area contributed by atoms with Gasteiger partial charge in [0.05, 0.1) is 12.2 Å². The van der Waals surface area contributed by atoms with Crippen LogP contribution >= 0.6 is 0 Å². The third-order valence-corrected chi connectivity index (χ3v) is 3.83. The number of nitrogens with two attached hydrogens (primary N) is 1. The first-order chi connectivity index (χ1) is 9.82. The summed E-state index contributed by atoms with van der Waals surface area (Å²) >= 11 is 0. The van der Waals surface area contributed by atoms with Crippen molar-refractivity contribution in [1.29, 1.82) is 0 Å². The summed E-state index contributed by atoms with van der Waals surface area (Å²) < 4.78 is 38.9. The number of halogens is 3. The molecule has 0 unspecified atom stereocenters. The second kappa shape index (κ2) is 5.93. The topological polar surface area (TPSA) is 66.6 Å². The first-order valence-electron chi connectivity index (χ1n) is 6.68. The largest absolute Gasteiger partial charge is 0.416 e. The van der Waals surface area contributed by atoms with Gasteiger partial charge in [-0.2, -0.15) is 13.2 Å². The number of hydrogen-bond donors (Lipinski definition) is 2. The molecule has 1 amide bonds. The van der Waals surface area contributed by atoms with Gasteiger partial charge in [-0.25, -0.2) is 0 Å². The van der Waals surface area contributed by atoms with E-state index in [4.69, 9.17) is 10.8 Å². The number of alkyl halides is 3. The van der Waals surface area contributed by atoms with Gasteiger partial charge in [0, 0.05) is 24.7 Å². The number of benzene rings is 1. The lowest BCUT2D eigenvalue weighted by Crippen LogP contribution is -2.38. The molecule has 116 valence electrons. The smallest absolute Gasteiger partial charge is 0.392 e. The number of primary amides is 1. The molecule has 7 heteroatoms. The highest BCUT2D eigenvalue weighted by molar-refractivity contribution is 5.77. The zero-order chi connectivity index (χ0) is 15.6. The predicted molar refractivity (Wildman–Crippen MR) is 71.5 cm³/mol. The number of rotatable bonds is 3. The summed E-state index contributed by atoms with van der Waals surface area (Å²) in [7, 11) is 0. The summed E-state index contributed by atoms with van der Waals surface area (Å²) in [5.41, 5.74) is 4.72. The van der Waals surface area contributed by atoms with Crippen molar-refractivity contribution in [3.8, 4) is 0 Å². The van der Waals surface area contributed by atoms with E-state index in [-0.39, 0.29) is 17.4 Å². The zero-order valence-corrected chi connectivity index (χ0v) is 11.4. The summed E-state index contributed by atoms with van der Waals surface area (Å²) in [5, 5.41) is 9.01. The van der Waals surface area contributed by atoms with Crippen LogP contribution in [0.25, 0.3) is 0 Å². The SMILES string of the molecule is NC(=O)C1CCN(c2ccc(CO)c(C(F)(F)F)c2)CC1. The molecule has 0 saturated carbocycles. The van der Waals surface area contributed by atoms with Gasteiger partial charge in [-0.05, 0) is 30.5 Å². The molecule has 4 nitrogen and oxygen atoms in total. The fourth-order valence-corrected chi connectivity index (χ4v) is 2.59. The molecule has 1 fully saturated rings. The number of amides is 1. The van der Waals surface area contributed by atoms with Crippen LogP contribution in [-0.2, 0) is 17.6 Å². The number of carbonyl (C=O) groups excluding carboxylic acids is 1. The number of carbonyl (C=O) groups is 1. The Bertz CT molecular complexity index is 523. The molecule has 1 aliphatic heterocycles. The van der Waals surface area contributed by atoms with Crippen molar-refractivity contribution < 1.29 is 23.1 Å². The Hall–Kier alpha value is -1.76. The Morgan fingerprint density at radius 3 is 2.43 bits per heavy atom. The van der Waals surface area contributed by atoms with Crippen LogP contribution in [0, 0.1) is 5.92 Å². The van der Waals surface area contributed by atoms with E-state index in [0.717, 1.165) is 6.07 Å². The maximum atomic E-state index is 13.0. The maximum absolute atomic E-state index is 13.0. The minimum absolute atomic E-state index is 0.140. The minimum atomic E-state index is -4.50. The van der Waals surface area contributed by atoms with E-state index in [1.54, 1.807) is 11.0 Å². The molecule has 0 aliphatic carbocycles. The third-order valence-electron chi connectivity index (χ3n) is 3.83. The Morgan fingerprint density at radius 1 is 1.33 bits per heavy atom. The van der Waals surface area contributed by atoms with Crippen LogP contribution < -0.4 is 10.6 Å². The molecule has 0 aromatic heterocycles. The summed E-state index contributed by atoms with van der Waals surface area (Å²) in [5.74, 6) is -0.568. The highest BCUT2D eigenvalue weighted by atomic mass is 19.4. The lowest BCUT2D eigenvalue weighted by atomic mass is 9.95. The second-order valence-corrected chi connectivity index (χ2v) is 5.16. The molecule has 0 bridgehead atoms. The van der Waals surface area contributed by atoms with Crippen LogP contribution in [0.5, 0.6) is 0 Å². The van der Waals surface area contributed by atoms with Gasteiger partial charge in [-0.15, -0.1) is 0 Å². The highest BCUT2D eigenvalue weighted by Crippen LogP contribution is 2.35. The van der Waals surface area contributed by atoms with E-state index in [9.17, 15) is 18.0 Å². The molecule has 0 radical (unpaired) electrons. The standard InChI is InChI=1S/C14H17F3N2O2/c15-14(16,17)12-7-11(2-1-10(12)8-20)19-5-3-9(4-6-19)13(18)21/h1-2,7,9,20H,3-6,8H2,(H2,18,21). The molecule has 0 atom stereocenters. The average Bonchev–Trinajstić information content (AvgIpc) is 2.45. The van der Waals surface area contributed by atoms with E-state index in [1.807, 2.05) is 0 Å². The normalized spacial score (nSPS) is 17.0. The van der Waals surface area contributed by atoms with Gasteiger partial charge in [-0.1, -0.05) is 6.07 Å². The lowest BCUT2D eigenvalue weighted by molar-refractivity contribution is -0.138. The first kappa shape index (κ1) is 15.6. The molecule has 1 heterocycles. The Morgan fingerprint density at radius 2 is 1.95 bits per heavy atom. The van der Waals surface area contributed by atoms with Gasteiger partial charge < -0.3 is 15.7 Å². The van der Waals surface area contributed by atoms with Gasteiger partial charge in [0.15, 0.2) is 0 Å². The van der Waals surface area contributed by atoms with Crippen molar-refractivity contribution in [2.75, 3.05) is 18.0 Å². The number of piperidine rings is 1. The van der Waals surface area contributed by atoms with Crippen LogP contribution in [0.3, 0.4) is 0 Å². The van der Waals surface area contributed by atoms with Crippen LogP contribution in [0.4, 0.5) is 18.9 Å². The molecule has 2 rings (SSSR count). The maximum Gasteiger partial charge on any atom is 0.416 e. The van der Waals surface area contributed by atoms with Gasteiger partial charge in [0.25, 0.3) is 0 Å². The lowest BCUT2D eigenvalue weighted by Gasteiger charge is -2.33. The van der Waals surface area contributed by atoms with Crippen molar-refractivity contribution in [2.24, 2.45) is 11.7 Å². The molecular formula is C14H17F3N2O2. The summed E-state index contributed by atoms with van der Waals surface area (Å²) in [6.07, 6.45) is -3.42. The monoisotopic (exact) mass is 302 g/mol. The van der Waals surface area contributed by atoms with Gasteiger partial charge in [0.2, 0.25) is 5.91 Å². The fraction of sp³-hybridized carbons (Fsp3) is 0.500. The van der Waals surface area contributed by atoms with Crippen molar-refractivity contribution in [2.45, 2.75) is 25.6 Å². The van der Waals surface area contributed by atoms with Crippen LogP contribution in [0.2, 0.25) is 0 Å². The van der Waals surface area contributed by atoms with E-state index in [2.05, 4.69) is 0 Å². The van der Waals surface area contributed by atoms with Crippen molar-refractivity contribution in [3.63, 3.8) is 0 Å². The van der Waals surface area contributed by atoms with Gasteiger partial charge >= 0.3 is 6.18 Å². The van der Waals surface area contributed by atoms with Crippen molar-refractivity contribution in [3.05, 3.63) is 29.3 Å². The molecular weight excluding hydrogens is 285 g/mol. The Kier molecular flexibility index (Phi) is 4.41. The van der Waals surface area contributed by atoms with Crippen molar-refractivity contribution in [1.82, 2.24) is 0 Å². The number of aliphatic hydroxyl groups excluding tert-OH is 1. The fourth-order valence-electron chi connectivity index (χ4n) is 2.59. The first-order valence-corrected chi connectivity index (χ1v) is 6.68. The van der Waals surface area contributed by atoms with E-state index < -0.39 is 18.3 Å². The molecule has 1 aliphatic rings. The van der Waals surface area contributed by atoms with Gasteiger partial charge in [0.1, 0.15) is 0 Å². The predicted octanol–water partition coefficient (Wildman–Crippen LogP) is 1.90. The summed E-state index contributed by atoms with van der Waals surface area (Å²) in [4.78, 5) is 12.9. The molecule has 3 N–H and O–H groups in total. The van der Waals surface area contributed by atoms with Crippen LogP contribution in [0.15, 0.2) is 18.2 Å². The van der Waals surface area contributed by atoms with Gasteiger partial charge in [-0.3, -0.25) is 4.79 Å². The minimum Gasteiger partial charge on any atom is -0.392 e. The number of aliphatic hydroxyl groups is 1.